The lowest BCUT2D eigenvalue weighted by Crippen LogP contribution is -2.48. The maximum absolute atomic E-state index is 13.2. The van der Waals surface area contributed by atoms with Crippen LogP contribution in [0.3, 0.4) is 0 Å². The number of pyridine rings is 1. The van der Waals surface area contributed by atoms with E-state index < -0.39 is 5.97 Å². The number of methoxy groups -OCH3 is 1. The van der Waals surface area contributed by atoms with Crippen molar-refractivity contribution in [1.82, 2.24) is 14.8 Å². The molecule has 2 amide bonds. The molecule has 2 aliphatic rings. The normalized spacial score (nSPS) is 16.6. The molecular weight excluding hydrogens is 508 g/mol. The molecule has 2 aromatic carbocycles. The van der Waals surface area contributed by atoms with Crippen LogP contribution in [0, 0.1) is 0 Å². The van der Waals surface area contributed by atoms with E-state index in [1.54, 1.807) is 42.5 Å². The summed E-state index contributed by atoms with van der Waals surface area (Å²) in [6, 6.07) is 16.1. The van der Waals surface area contributed by atoms with E-state index in [1.165, 1.54) is 7.11 Å². The van der Waals surface area contributed by atoms with Crippen molar-refractivity contribution >= 4 is 46.1 Å². The third-order valence-corrected chi connectivity index (χ3v) is 7.26. The Bertz CT molecular complexity index is 1450. The van der Waals surface area contributed by atoms with Gasteiger partial charge in [0.1, 0.15) is 0 Å². The summed E-state index contributed by atoms with van der Waals surface area (Å²) in [6.07, 6.45) is 3.32. The second kappa shape index (κ2) is 11.7. The highest BCUT2D eigenvalue weighted by Gasteiger charge is 2.29. The number of carbonyl (C=O) groups excluding carboxylic acids is 3. The van der Waals surface area contributed by atoms with Gasteiger partial charge in [-0.2, -0.15) is 0 Å². The van der Waals surface area contributed by atoms with Gasteiger partial charge in [0.25, 0.3) is 5.91 Å². The summed E-state index contributed by atoms with van der Waals surface area (Å²) in [7, 11) is 5.20. The quantitative estimate of drug-likeness (QED) is 0.348. The van der Waals surface area contributed by atoms with Crippen LogP contribution in [0.1, 0.15) is 21.5 Å². The molecule has 3 heterocycles. The molecule has 0 radical (unpaired) electrons. The number of carbonyl (C=O) groups is 3. The highest BCUT2D eigenvalue weighted by molar-refractivity contribution is 6.37. The van der Waals surface area contributed by atoms with Crippen LogP contribution in [-0.2, 0) is 14.3 Å². The lowest BCUT2D eigenvalue weighted by molar-refractivity contribution is -0.119. The second-order valence-corrected chi connectivity index (χ2v) is 9.90. The van der Waals surface area contributed by atoms with Gasteiger partial charge >= 0.3 is 5.97 Å². The first kappa shape index (κ1) is 27.0. The number of esters is 1. The van der Waals surface area contributed by atoms with Crippen molar-refractivity contribution < 1.29 is 19.1 Å². The van der Waals surface area contributed by atoms with Crippen molar-refractivity contribution in [1.29, 1.82) is 0 Å². The first-order valence-corrected chi connectivity index (χ1v) is 13.1. The number of amides is 2. The maximum atomic E-state index is 13.2. The van der Waals surface area contributed by atoms with E-state index in [2.05, 4.69) is 32.5 Å². The fourth-order valence-corrected chi connectivity index (χ4v) is 4.82. The van der Waals surface area contributed by atoms with E-state index >= 15 is 0 Å². The van der Waals surface area contributed by atoms with Crippen LogP contribution in [0.2, 0.25) is 0 Å². The van der Waals surface area contributed by atoms with E-state index in [1.807, 2.05) is 36.4 Å². The molecule has 206 valence electrons. The highest BCUT2D eigenvalue weighted by atomic mass is 16.5. The lowest BCUT2D eigenvalue weighted by Gasteiger charge is -2.32. The standard InChI is InChI=1S/C30H32N6O4/c1-34-14-16-36(17-15-34)19-26(37)35(2)23-7-5-22(6-8-23)32-28(20-10-12-31-13-11-20)27-24-9-4-21(30(39)40-3)18-25(24)33-29(27)38/h4-13,18,32H,14-17,19H2,1-3H3,(H,33,38)/b28-27-. The van der Waals surface area contributed by atoms with Gasteiger partial charge in [0.05, 0.1) is 36.2 Å². The Morgan fingerprint density at radius 1 is 1.00 bits per heavy atom. The van der Waals surface area contributed by atoms with E-state index in [4.69, 9.17) is 4.74 Å². The van der Waals surface area contributed by atoms with Crippen molar-refractivity contribution in [2.24, 2.45) is 0 Å². The van der Waals surface area contributed by atoms with Crippen LogP contribution < -0.4 is 15.5 Å². The third kappa shape index (κ3) is 5.73. The zero-order chi connectivity index (χ0) is 28.2. The summed E-state index contributed by atoms with van der Waals surface area (Å²) in [4.78, 5) is 48.4. The summed E-state index contributed by atoms with van der Waals surface area (Å²) in [5.74, 6) is -0.730. The zero-order valence-corrected chi connectivity index (χ0v) is 22.8. The Labute approximate surface area is 233 Å². The number of nitrogens with one attached hydrogen (secondary N) is 2. The Morgan fingerprint density at radius 2 is 1.70 bits per heavy atom. The number of fused-ring (bicyclic) bond motifs is 1. The summed E-state index contributed by atoms with van der Waals surface area (Å²) >= 11 is 0. The Kier molecular flexibility index (Phi) is 7.90. The van der Waals surface area contributed by atoms with Gasteiger partial charge in [0.15, 0.2) is 0 Å². The molecule has 0 aliphatic carbocycles. The number of hydrogen-bond acceptors (Lipinski definition) is 8. The SMILES string of the molecule is COC(=O)c1ccc2c(c1)NC(=O)/C2=C(\Nc1ccc(N(C)C(=O)CN2CCN(C)CC2)cc1)c1ccncc1. The molecule has 1 fully saturated rings. The van der Waals surface area contributed by atoms with Crippen LogP contribution in [0.4, 0.5) is 17.1 Å². The minimum absolute atomic E-state index is 0.0374. The molecule has 0 spiro atoms. The van der Waals surface area contributed by atoms with Crippen LogP contribution in [0.15, 0.2) is 67.0 Å². The number of hydrogen-bond donors (Lipinski definition) is 2. The molecule has 0 atom stereocenters. The van der Waals surface area contributed by atoms with Crippen LogP contribution in [0.5, 0.6) is 0 Å². The van der Waals surface area contributed by atoms with Gasteiger partial charge in [-0.25, -0.2) is 4.79 Å². The first-order chi connectivity index (χ1) is 19.3. The molecular formula is C30H32N6O4. The number of rotatable bonds is 7. The zero-order valence-electron chi connectivity index (χ0n) is 22.8. The Morgan fingerprint density at radius 3 is 2.38 bits per heavy atom. The molecule has 0 bridgehead atoms. The molecule has 5 rings (SSSR count). The van der Waals surface area contributed by atoms with Gasteiger partial charge in [-0.05, 0) is 55.6 Å². The maximum Gasteiger partial charge on any atom is 0.337 e. The lowest BCUT2D eigenvalue weighted by atomic mass is 9.99. The van der Waals surface area contributed by atoms with Crippen molar-refractivity contribution in [3.63, 3.8) is 0 Å². The van der Waals surface area contributed by atoms with Gasteiger partial charge < -0.3 is 25.2 Å². The second-order valence-electron chi connectivity index (χ2n) is 9.90. The largest absolute Gasteiger partial charge is 0.465 e. The summed E-state index contributed by atoms with van der Waals surface area (Å²) in [6.45, 7) is 4.07. The summed E-state index contributed by atoms with van der Waals surface area (Å²) in [5, 5.41) is 6.27. The number of likely N-dealkylation sites (N-methyl/N-ethyl adjacent to an activating group) is 2. The average molecular weight is 541 g/mol. The average Bonchev–Trinajstić information content (AvgIpc) is 3.31. The number of nitrogens with zero attached hydrogens (tertiary/aromatic N) is 4. The molecule has 3 aromatic rings. The fourth-order valence-electron chi connectivity index (χ4n) is 4.82. The topological polar surface area (TPSA) is 107 Å². The van der Waals surface area contributed by atoms with Gasteiger partial charge in [-0.15, -0.1) is 0 Å². The van der Waals surface area contributed by atoms with Gasteiger partial charge in [-0.3, -0.25) is 19.5 Å². The van der Waals surface area contributed by atoms with Gasteiger partial charge in [-0.1, -0.05) is 6.07 Å². The smallest absolute Gasteiger partial charge is 0.337 e. The van der Waals surface area contributed by atoms with E-state index in [0.717, 1.165) is 43.1 Å². The number of ether oxygens (including phenoxy) is 1. The van der Waals surface area contributed by atoms with Crippen LogP contribution >= 0.6 is 0 Å². The fraction of sp³-hybridized carbons (Fsp3) is 0.267. The predicted octanol–water partition coefficient (Wildman–Crippen LogP) is 3.01. The molecule has 10 heteroatoms. The van der Waals surface area contributed by atoms with Gasteiger partial charge in [0.2, 0.25) is 5.91 Å². The minimum Gasteiger partial charge on any atom is -0.465 e. The molecule has 2 aliphatic heterocycles. The minimum atomic E-state index is -0.478. The Hall–Kier alpha value is -4.54. The van der Waals surface area contributed by atoms with Crippen molar-refractivity contribution in [3.8, 4) is 0 Å². The van der Waals surface area contributed by atoms with Crippen LogP contribution in [0.25, 0.3) is 11.3 Å². The summed E-state index contributed by atoms with van der Waals surface area (Å²) in [5.41, 5.74) is 4.89. The van der Waals surface area contributed by atoms with Crippen molar-refractivity contribution in [2.45, 2.75) is 0 Å². The molecule has 10 nitrogen and oxygen atoms in total. The number of aromatic nitrogens is 1. The monoisotopic (exact) mass is 540 g/mol. The van der Waals surface area contributed by atoms with Gasteiger partial charge in [0, 0.05) is 68.1 Å². The van der Waals surface area contributed by atoms with Crippen molar-refractivity contribution in [3.05, 3.63) is 83.7 Å². The number of piperazine rings is 1. The molecule has 0 saturated carbocycles. The molecule has 1 saturated heterocycles. The number of anilines is 3. The molecule has 2 N–H and O–H groups in total. The van der Waals surface area contributed by atoms with E-state index in [0.29, 0.717) is 34.6 Å². The first-order valence-electron chi connectivity index (χ1n) is 13.1. The highest BCUT2D eigenvalue weighted by Crippen LogP contribution is 2.38. The third-order valence-electron chi connectivity index (χ3n) is 7.26. The van der Waals surface area contributed by atoms with E-state index in [-0.39, 0.29) is 11.8 Å². The molecule has 1 aromatic heterocycles. The molecule has 40 heavy (non-hydrogen) atoms. The predicted molar refractivity (Wildman–Crippen MR) is 155 cm³/mol. The Balaban J connectivity index is 1.40. The van der Waals surface area contributed by atoms with Crippen LogP contribution in [-0.4, -0.2) is 86.5 Å². The molecule has 0 unspecified atom stereocenters. The number of benzene rings is 2. The van der Waals surface area contributed by atoms with Crippen molar-refractivity contribution in [2.75, 3.05) is 69.5 Å². The van der Waals surface area contributed by atoms with E-state index in [9.17, 15) is 14.4 Å². The summed E-state index contributed by atoms with van der Waals surface area (Å²) < 4.78 is 4.82.